The van der Waals surface area contributed by atoms with Crippen molar-refractivity contribution in [2.45, 2.75) is 40.7 Å². The van der Waals surface area contributed by atoms with Crippen LogP contribution in [0.4, 0.5) is 0 Å². The quantitative estimate of drug-likeness (QED) is 0.390. The Morgan fingerprint density at radius 2 is 1.67 bits per heavy atom. The Morgan fingerprint density at radius 1 is 0.944 bits per heavy atom. The first kappa shape index (κ1) is 27.1. The summed E-state index contributed by atoms with van der Waals surface area (Å²) in [6.07, 6.45) is 2.71. The largest absolute Gasteiger partial charge is 0.493 e. The number of para-hydroxylation sites is 1. The van der Waals surface area contributed by atoms with E-state index >= 15 is 0 Å². The van der Waals surface area contributed by atoms with Crippen LogP contribution < -0.4 is 9.47 Å². The van der Waals surface area contributed by atoms with Crippen molar-refractivity contribution in [1.82, 2.24) is 14.8 Å². The summed E-state index contributed by atoms with van der Waals surface area (Å²) in [7, 11) is 3.20. The highest BCUT2D eigenvalue weighted by atomic mass is 16.5. The van der Waals surface area contributed by atoms with Gasteiger partial charge in [0.05, 0.1) is 20.8 Å². The third-order valence-electron chi connectivity index (χ3n) is 6.22. The SMILES string of the molecule is COc1ccc(CN(CCc2c[nH]c3ccccc23)C(=O)CN(CC(C)C)C(=O)C(C)C)cc1OC. The maximum atomic E-state index is 13.6. The third-order valence-corrected chi connectivity index (χ3v) is 6.22. The van der Waals surface area contributed by atoms with Gasteiger partial charge in [0.15, 0.2) is 11.5 Å². The smallest absolute Gasteiger partial charge is 0.242 e. The number of carbonyl (C=O) groups excluding carboxylic acids is 2. The molecule has 1 heterocycles. The zero-order chi connectivity index (χ0) is 26.2. The van der Waals surface area contributed by atoms with E-state index in [1.807, 2.05) is 61.3 Å². The highest BCUT2D eigenvalue weighted by molar-refractivity contribution is 5.86. The zero-order valence-electron chi connectivity index (χ0n) is 22.3. The van der Waals surface area contributed by atoms with E-state index in [1.165, 1.54) is 0 Å². The number of rotatable bonds is 12. The van der Waals surface area contributed by atoms with E-state index in [-0.39, 0.29) is 30.2 Å². The van der Waals surface area contributed by atoms with Crippen molar-refractivity contribution in [2.24, 2.45) is 11.8 Å². The van der Waals surface area contributed by atoms with Gasteiger partial charge in [-0.05, 0) is 41.7 Å². The number of nitrogens with one attached hydrogen (secondary N) is 1. The van der Waals surface area contributed by atoms with E-state index in [2.05, 4.69) is 24.9 Å². The second-order valence-electron chi connectivity index (χ2n) is 9.88. The molecule has 36 heavy (non-hydrogen) atoms. The number of aromatic nitrogens is 1. The van der Waals surface area contributed by atoms with Gasteiger partial charge < -0.3 is 24.3 Å². The van der Waals surface area contributed by atoms with Crippen molar-refractivity contribution < 1.29 is 19.1 Å². The summed E-state index contributed by atoms with van der Waals surface area (Å²) >= 11 is 0. The Morgan fingerprint density at radius 3 is 2.33 bits per heavy atom. The van der Waals surface area contributed by atoms with Crippen molar-refractivity contribution >= 4 is 22.7 Å². The van der Waals surface area contributed by atoms with Crippen LogP contribution in [0.2, 0.25) is 0 Å². The van der Waals surface area contributed by atoms with E-state index in [0.29, 0.717) is 37.6 Å². The third kappa shape index (κ3) is 6.80. The number of methoxy groups -OCH3 is 2. The monoisotopic (exact) mass is 493 g/mol. The van der Waals surface area contributed by atoms with Gasteiger partial charge in [-0.3, -0.25) is 9.59 Å². The molecule has 1 N–H and O–H groups in total. The maximum Gasteiger partial charge on any atom is 0.242 e. The maximum absolute atomic E-state index is 13.6. The molecule has 0 aliphatic heterocycles. The zero-order valence-corrected chi connectivity index (χ0v) is 22.3. The molecule has 2 aromatic carbocycles. The molecule has 0 bridgehead atoms. The lowest BCUT2D eigenvalue weighted by Gasteiger charge is -2.30. The van der Waals surface area contributed by atoms with Gasteiger partial charge in [0.1, 0.15) is 0 Å². The molecule has 0 radical (unpaired) electrons. The second-order valence-corrected chi connectivity index (χ2v) is 9.88. The summed E-state index contributed by atoms with van der Waals surface area (Å²) < 4.78 is 10.8. The van der Waals surface area contributed by atoms with Gasteiger partial charge in [0, 0.05) is 42.7 Å². The summed E-state index contributed by atoms with van der Waals surface area (Å²) in [5.74, 6) is 1.30. The molecule has 0 saturated carbocycles. The number of amides is 2. The van der Waals surface area contributed by atoms with E-state index in [4.69, 9.17) is 9.47 Å². The Kier molecular flexibility index (Phi) is 9.39. The molecular weight excluding hydrogens is 454 g/mol. The molecule has 7 heteroatoms. The highest BCUT2D eigenvalue weighted by Crippen LogP contribution is 2.28. The molecule has 1 aromatic heterocycles. The van der Waals surface area contributed by atoms with Crippen LogP contribution in [0, 0.1) is 11.8 Å². The first-order valence-corrected chi connectivity index (χ1v) is 12.6. The minimum atomic E-state index is -0.165. The van der Waals surface area contributed by atoms with Crippen molar-refractivity contribution in [3.63, 3.8) is 0 Å². The minimum absolute atomic E-state index is 0.000236. The van der Waals surface area contributed by atoms with Crippen molar-refractivity contribution in [1.29, 1.82) is 0 Å². The molecule has 0 fully saturated rings. The topological polar surface area (TPSA) is 74.9 Å². The van der Waals surface area contributed by atoms with Gasteiger partial charge >= 0.3 is 0 Å². The van der Waals surface area contributed by atoms with E-state index < -0.39 is 0 Å². The van der Waals surface area contributed by atoms with Crippen LogP contribution in [0.15, 0.2) is 48.7 Å². The summed E-state index contributed by atoms with van der Waals surface area (Å²) in [6, 6.07) is 13.9. The van der Waals surface area contributed by atoms with Crippen LogP contribution in [-0.4, -0.2) is 60.5 Å². The van der Waals surface area contributed by atoms with Crippen molar-refractivity contribution in [3.05, 3.63) is 59.8 Å². The predicted molar refractivity (Wildman–Crippen MR) is 143 cm³/mol. The van der Waals surface area contributed by atoms with Crippen LogP contribution in [0.3, 0.4) is 0 Å². The lowest BCUT2D eigenvalue weighted by Crippen LogP contribution is -2.45. The molecule has 194 valence electrons. The first-order chi connectivity index (χ1) is 17.2. The normalized spacial score (nSPS) is 11.2. The van der Waals surface area contributed by atoms with Crippen molar-refractivity contribution in [2.75, 3.05) is 33.9 Å². The fourth-order valence-corrected chi connectivity index (χ4v) is 4.39. The fraction of sp³-hybridized carbons (Fsp3) is 0.448. The van der Waals surface area contributed by atoms with Crippen LogP contribution in [0.1, 0.15) is 38.8 Å². The Hall–Kier alpha value is -3.48. The van der Waals surface area contributed by atoms with Gasteiger partial charge in [-0.1, -0.05) is 52.0 Å². The number of hydrogen-bond acceptors (Lipinski definition) is 4. The Bertz CT molecular complexity index is 1170. The first-order valence-electron chi connectivity index (χ1n) is 12.6. The summed E-state index contributed by atoms with van der Waals surface area (Å²) in [6.45, 7) is 9.42. The van der Waals surface area contributed by atoms with Crippen LogP contribution in [0.5, 0.6) is 11.5 Å². The average molecular weight is 494 g/mol. The molecule has 3 aromatic rings. The molecule has 7 nitrogen and oxygen atoms in total. The highest BCUT2D eigenvalue weighted by Gasteiger charge is 2.24. The average Bonchev–Trinajstić information content (AvgIpc) is 3.28. The molecule has 0 saturated heterocycles. The molecule has 0 spiro atoms. The number of carbonyl (C=O) groups is 2. The lowest BCUT2D eigenvalue weighted by atomic mass is 10.1. The molecule has 0 aliphatic carbocycles. The number of benzene rings is 2. The van der Waals surface area contributed by atoms with E-state index in [1.54, 1.807) is 19.1 Å². The number of aromatic amines is 1. The number of fused-ring (bicyclic) bond motifs is 1. The van der Waals surface area contributed by atoms with E-state index in [9.17, 15) is 9.59 Å². The van der Waals surface area contributed by atoms with Gasteiger partial charge in [-0.2, -0.15) is 0 Å². The summed E-state index contributed by atoms with van der Waals surface area (Å²) in [5.41, 5.74) is 3.18. The van der Waals surface area contributed by atoms with Crippen LogP contribution in [0.25, 0.3) is 10.9 Å². The van der Waals surface area contributed by atoms with Crippen LogP contribution in [-0.2, 0) is 22.6 Å². The lowest BCUT2D eigenvalue weighted by molar-refractivity contribution is -0.143. The fourth-order valence-electron chi connectivity index (χ4n) is 4.39. The Labute approximate surface area is 214 Å². The second kappa shape index (κ2) is 12.5. The molecular formula is C29H39N3O4. The molecule has 2 amide bonds. The van der Waals surface area contributed by atoms with Gasteiger partial charge in [0.25, 0.3) is 0 Å². The summed E-state index contributed by atoms with van der Waals surface area (Å²) in [4.78, 5) is 33.3. The number of hydrogen-bond donors (Lipinski definition) is 1. The number of nitrogens with zero attached hydrogens (tertiary/aromatic N) is 2. The summed E-state index contributed by atoms with van der Waals surface area (Å²) in [5, 5.41) is 1.16. The van der Waals surface area contributed by atoms with Crippen molar-refractivity contribution in [3.8, 4) is 11.5 Å². The van der Waals surface area contributed by atoms with Gasteiger partial charge in [-0.25, -0.2) is 0 Å². The van der Waals surface area contributed by atoms with Gasteiger partial charge in [-0.15, -0.1) is 0 Å². The number of H-pyrrole nitrogens is 1. The molecule has 0 atom stereocenters. The van der Waals surface area contributed by atoms with E-state index in [0.717, 1.165) is 22.0 Å². The Balaban J connectivity index is 1.85. The van der Waals surface area contributed by atoms with Gasteiger partial charge in [0.2, 0.25) is 11.8 Å². The predicted octanol–water partition coefficient (Wildman–Crippen LogP) is 4.90. The molecule has 0 aliphatic rings. The molecule has 0 unspecified atom stereocenters. The molecule has 3 rings (SSSR count). The number of ether oxygens (including phenoxy) is 2. The standard InChI is InChI=1S/C29H39N3O4/c1-20(2)17-32(29(34)21(3)4)19-28(33)31(18-22-11-12-26(35-5)27(15-22)36-6)14-13-23-16-30-25-10-8-7-9-24(23)25/h7-12,15-16,20-21,30H,13-14,17-19H2,1-6H3. The minimum Gasteiger partial charge on any atom is -0.493 e. The van der Waals surface area contributed by atoms with Crippen LogP contribution >= 0.6 is 0 Å².